The number of allylic oxidation sites excluding steroid dienone is 2. The average Bonchev–Trinajstić information content (AvgIpc) is 2.33. The highest BCUT2D eigenvalue weighted by molar-refractivity contribution is 5.73. The fourth-order valence-corrected chi connectivity index (χ4v) is 0.754. The zero-order valence-corrected chi connectivity index (χ0v) is 4.70. The summed E-state index contributed by atoms with van der Waals surface area (Å²) in [6.45, 7) is 0. The molecular weight excluding hydrogens is 116 g/mol. The van der Waals surface area contributed by atoms with Gasteiger partial charge in [0.15, 0.2) is 0 Å². The van der Waals surface area contributed by atoms with E-state index in [2.05, 4.69) is 16.1 Å². The lowest BCUT2D eigenvalue weighted by Crippen LogP contribution is -2.33. The van der Waals surface area contributed by atoms with Crippen molar-refractivity contribution in [3.8, 4) is 0 Å². The summed E-state index contributed by atoms with van der Waals surface area (Å²) in [4.78, 5) is 0. The van der Waals surface area contributed by atoms with E-state index in [1.165, 1.54) is 0 Å². The first-order chi connectivity index (χ1) is 4.47. The van der Waals surface area contributed by atoms with Crippen LogP contribution in [0.5, 0.6) is 0 Å². The van der Waals surface area contributed by atoms with E-state index in [1.807, 2.05) is 18.4 Å². The molecule has 0 aromatic carbocycles. The molecule has 2 aliphatic heterocycles. The van der Waals surface area contributed by atoms with Crippen LogP contribution >= 0.6 is 0 Å². The van der Waals surface area contributed by atoms with Crippen LogP contribution in [0.15, 0.2) is 29.2 Å². The molecule has 0 atom stereocenters. The molecule has 2 aliphatic rings. The lowest BCUT2D eigenvalue weighted by molar-refractivity contribution is 0.271. The first kappa shape index (κ1) is 4.58. The molecule has 0 radical (unpaired) electrons. The summed E-state index contributed by atoms with van der Waals surface area (Å²) in [7, 11) is 0. The Hall–Kier alpha value is -1.29. The minimum Gasteiger partial charge on any atom is -0.307 e. The largest absolute Gasteiger partial charge is 0.307 e. The predicted molar refractivity (Wildman–Crippen MR) is 33.8 cm³/mol. The second-order valence-electron chi connectivity index (χ2n) is 1.76. The third kappa shape index (κ3) is 0.603. The monoisotopic (exact) mass is 122 g/mol. The standard InChI is InChI=1S/C5H6N4/c1-2-5-4-6-8-9(5)7-3-1/h1-4,6,8H. The lowest BCUT2D eigenvalue weighted by Gasteiger charge is -2.13. The number of hydrazone groups is 1. The first-order valence-corrected chi connectivity index (χ1v) is 2.69. The Labute approximate surface area is 52.5 Å². The second-order valence-corrected chi connectivity index (χ2v) is 1.76. The van der Waals surface area contributed by atoms with E-state index >= 15 is 0 Å². The topological polar surface area (TPSA) is 39.7 Å². The van der Waals surface area contributed by atoms with E-state index in [4.69, 9.17) is 0 Å². The van der Waals surface area contributed by atoms with Crippen molar-refractivity contribution in [1.82, 2.24) is 16.1 Å². The Balaban J connectivity index is 2.33. The van der Waals surface area contributed by atoms with Crippen molar-refractivity contribution in [1.29, 1.82) is 0 Å². The highest BCUT2D eigenvalue weighted by atomic mass is 15.8. The van der Waals surface area contributed by atoms with Crippen LogP contribution in [0, 0.1) is 0 Å². The van der Waals surface area contributed by atoms with Crippen LogP contribution in [0.4, 0.5) is 0 Å². The van der Waals surface area contributed by atoms with Crippen molar-refractivity contribution in [3.63, 3.8) is 0 Å². The summed E-state index contributed by atoms with van der Waals surface area (Å²) >= 11 is 0. The molecule has 4 nitrogen and oxygen atoms in total. The maximum Gasteiger partial charge on any atom is 0.0969 e. The van der Waals surface area contributed by atoms with Crippen molar-refractivity contribution in [2.45, 2.75) is 0 Å². The van der Waals surface area contributed by atoms with Crippen LogP contribution < -0.4 is 11.0 Å². The van der Waals surface area contributed by atoms with Gasteiger partial charge < -0.3 is 5.43 Å². The molecule has 0 aromatic heterocycles. The molecule has 0 amide bonds. The van der Waals surface area contributed by atoms with Crippen LogP contribution in [0.1, 0.15) is 0 Å². The van der Waals surface area contributed by atoms with Gasteiger partial charge >= 0.3 is 0 Å². The quantitative estimate of drug-likeness (QED) is 0.463. The van der Waals surface area contributed by atoms with E-state index in [9.17, 15) is 0 Å². The van der Waals surface area contributed by atoms with Crippen molar-refractivity contribution in [2.24, 2.45) is 5.10 Å². The van der Waals surface area contributed by atoms with Crippen LogP contribution in [0.3, 0.4) is 0 Å². The van der Waals surface area contributed by atoms with Gasteiger partial charge in [-0.25, -0.2) is 0 Å². The Morgan fingerprint density at radius 3 is 3.44 bits per heavy atom. The minimum absolute atomic E-state index is 1.03. The highest BCUT2D eigenvalue weighted by Gasteiger charge is 2.10. The number of hydrogen-bond acceptors (Lipinski definition) is 4. The van der Waals surface area contributed by atoms with Crippen molar-refractivity contribution in [2.75, 3.05) is 0 Å². The van der Waals surface area contributed by atoms with Crippen molar-refractivity contribution < 1.29 is 0 Å². The summed E-state index contributed by atoms with van der Waals surface area (Å²) in [5, 5.41) is 5.62. The average molecular weight is 122 g/mol. The molecule has 9 heavy (non-hydrogen) atoms. The Morgan fingerprint density at radius 2 is 2.56 bits per heavy atom. The number of rotatable bonds is 0. The van der Waals surface area contributed by atoms with Gasteiger partial charge in [0, 0.05) is 12.4 Å². The molecule has 2 heterocycles. The molecule has 0 aliphatic carbocycles. The number of hydrazine groups is 2. The predicted octanol–water partition coefficient (Wildman–Crippen LogP) is -0.292. The highest BCUT2D eigenvalue weighted by Crippen LogP contribution is 2.08. The molecule has 0 fully saturated rings. The number of nitrogens with one attached hydrogen (secondary N) is 2. The normalized spacial score (nSPS) is 21.3. The molecule has 4 heteroatoms. The zero-order chi connectivity index (χ0) is 6.10. The molecule has 0 saturated carbocycles. The van der Waals surface area contributed by atoms with E-state index in [1.54, 1.807) is 11.3 Å². The van der Waals surface area contributed by atoms with Gasteiger partial charge in [-0.3, -0.25) is 0 Å². The summed E-state index contributed by atoms with van der Waals surface area (Å²) in [6, 6.07) is 0. The molecule has 2 N–H and O–H groups in total. The molecule has 0 aromatic rings. The smallest absolute Gasteiger partial charge is 0.0969 e. The molecule has 0 bridgehead atoms. The second kappa shape index (κ2) is 1.60. The van der Waals surface area contributed by atoms with Gasteiger partial charge in [-0.05, 0) is 12.2 Å². The van der Waals surface area contributed by atoms with Crippen LogP contribution in [0.25, 0.3) is 0 Å². The lowest BCUT2D eigenvalue weighted by atomic mass is 10.4. The van der Waals surface area contributed by atoms with Gasteiger partial charge in [0.25, 0.3) is 0 Å². The summed E-state index contributed by atoms with van der Waals surface area (Å²) < 4.78 is 0. The molecule has 2 rings (SSSR count). The van der Waals surface area contributed by atoms with E-state index < -0.39 is 0 Å². The van der Waals surface area contributed by atoms with Crippen LogP contribution in [-0.2, 0) is 0 Å². The Kier molecular flexibility index (Phi) is 0.811. The van der Waals surface area contributed by atoms with E-state index in [0.717, 1.165) is 5.70 Å². The summed E-state index contributed by atoms with van der Waals surface area (Å²) in [5.41, 5.74) is 6.64. The third-order valence-corrected chi connectivity index (χ3v) is 1.17. The van der Waals surface area contributed by atoms with Gasteiger partial charge in [0.2, 0.25) is 0 Å². The van der Waals surface area contributed by atoms with Gasteiger partial charge in [0.05, 0.1) is 5.70 Å². The Bertz CT molecular complexity index is 200. The molecule has 0 unspecified atom stereocenters. The van der Waals surface area contributed by atoms with Crippen molar-refractivity contribution in [3.05, 3.63) is 24.0 Å². The van der Waals surface area contributed by atoms with Gasteiger partial charge in [-0.1, -0.05) is 0 Å². The maximum atomic E-state index is 3.97. The van der Waals surface area contributed by atoms with Crippen LogP contribution in [0.2, 0.25) is 0 Å². The molecule has 0 spiro atoms. The fraction of sp³-hybridized carbons (Fsp3) is 0. The third-order valence-electron chi connectivity index (χ3n) is 1.17. The summed E-state index contributed by atoms with van der Waals surface area (Å²) in [6.07, 6.45) is 7.40. The minimum atomic E-state index is 1.03. The van der Waals surface area contributed by atoms with E-state index in [-0.39, 0.29) is 0 Å². The van der Waals surface area contributed by atoms with Crippen molar-refractivity contribution >= 4 is 6.21 Å². The maximum absolute atomic E-state index is 3.97. The molecule has 46 valence electrons. The molecular formula is C5H6N4. The first-order valence-electron chi connectivity index (χ1n) is 2.69. The Morgan fingerprint density at radius 1 is 1.56 bits per heavy atom. The van der Waals surface area contributed by atoms with Gasteiger partial charge in [0.1, 0.15) is 0 Å². The fourth-order valence-electron chi connectivity index (χ4n) is 0.754. The number of nitrogens with zero attached hydrogens (tertiary/aromatic N) is 2. The van der Waals surface area contributed by atoms with Crippen LogP contribution in [-0.4, -0.2) is 11.3 Å². The number of hydrogen-bond donors (Lipinski definition) is 2. The van der Waals surface area contributed by atoms with Gasteiger partial charge in [-0.2, -0.15) is 10.2 Å². The zero-order valence-electron chi connectivity index (χ0n) is 4.70. The number of fused-ring (bicyclic) bond motifs is 1. The van der Waals surface area contributed by atoms with E-state index in [0.29, 0.717) is 0 Å². The summed E-state index contributed by atoms with van der Waals surface area (Å²) in [5.74, 6) is 0. The van der Waals surface area contributed by atoms with Gasteiger partial charge in [-0.15, -0.1) is 5.53 Å². The SMILES string of the molecule is C1=CC2=CNNN2N=C1. The molecule has 0 saturated heterocycles.